The van der Waals surface area contributed by atoms with Crippen LogP contribution in [0.25, 0.3) is 0 Å². The number of aliphatic hydroxyl groups excluding tert-OH is 1. The van der Waals surface area contributed by atoms with E-state index in [0.29, 0.717) is 6.61 Å². The zero-order chi connectivity index (χ0) is 10.9. The van der Waals surface area contributed by atoms with E-state index in [0.717, 1.165) is 24.8 Å². The number of rotatable bonds is 7. The molecule has 0 aliphatic carbocycles. The van der Waals surface area contributed by atoms with Crippen LogP contribution in [0.4, 0.5) is 0 Å². The minimum atomic E-state index is -0.614. The SMILES string of the molecule is CCCCCC(O)OCc1ccccc1. The first-order valence-corrected chi connectivity index (χ1v) is 5.66. The van der Waals surface area contributed by atoms with Crippen molar-refractivity contribution in [3.8, 4) is 0 Å². The van der Waals surface area contributed by atoms with Crippen molar-refractivity contribution in [2.45, 2.75) is 45.5 Å². The molecule has 0 saturated heterocycles. The fourth-order valence-corrected chi connectivity index (χ4v) is 1.42. The summed E-state index contributed by atoms with van der Waals surface area (Å²) in [4.78, 5) is 0. The third kappa shape index (κ3) is 5.55. The van der Waals surface area contributed by atoms with Crippen LogP contribution in [0.3, 0.4) is 0 Å². The number of hydrogen-bond donors (Lipinski definition) is 1. The fraction of sp³-hybridized carbons (Fsp3) is 0.538. The van der Waals surface area contributed by atoms with Crippen LogP contribution in [0.1, 0.15) is 38.2 Å². The average Bonchev–Trinajstić information content (AvgIpc) is 2.28. The molecule has 15 heavy (non-hydrogen) atoms. The second-order valence-corrected chi connectivity index (χ2v) is 3.75. The Balaban J connectivity index is 2.14. The van der Waals surface area contributed by atoms with Gasteiger partial charge in [-0.1, -0.05) is 50.1 Å². The molecule has 0 radical (unpaired) electrons. The Labute approximate surface area is 91.9 Å². The Kier molecular flexibility index (Phi) is 6.05. The first-order chi connectivity index (χ1) is 7.33. The highest BCUT2D eigenvalue weighted by Crippen LogP contribution is 2.07. The van der Waals surface area contributed by atoms with E-state index in [1.165, 1.54) is 6.42 Å². The molecule has 0 spiro atoms. The normalized spacial score (nSPS) is 12.7. The van der Waals surface area contributed by atoms with Gasteiger partial charge in [-0.05, 0) is 18.4 Å². The van der Waals surface area contributed by atoms with Crippen molar-refractivity contribution < 1.29 is 9.84 Å². The highest BCUT2D eigenvalue weighted by molar-refractivity contribution is 5.13. The maximum atomic E-state index is 9.51. The Hall–Kier alpha value is -0.860. The van der Waals surface area contributed by atoms with Crippen molar-refractivity contribution >= 4 is 0 Å². The highest BCUT2D eigenvalue weighted by atomic mass is 16.6. The molecule has 0 amide bonds. The molecule has 84 valence electrons. The minimum absolute atomic E-state index is 0.494. The summed E-state index contributed by atoms with van der Waals surface area (Å²) in [7, 11) is 0. The molecular weight excluding hydrogens is 188 g/mol. The molecule has 0 bridgehead atoms. The number of unbranched alkanes of at least 4 members (excludes halogenated alkanes) is 2. The molecule has 2 heteroatoms. The van der Waals surface area contributed by atoms with Crippen molar-refractivity contribution in [2.75, 3.05) is 0 Å². The third-order valence-electron chi connectivity index (χ3n) is 2.34. The lowest BCUT2D eigenvalue weighted by Crippen LogP contribution is -2.11. The van der Waals surface area contributed by atoms with E-state index in [1.54, 1.807) is 0 Å². The quantitative estimate of drug-likeness (QED) is 0.551. The van der Waals surface area contributed by atoms with Crippen molar-refractivity contribution in [1.29, 1.82) is 0 Å². The largest absolute Gasteiger partial charge is 0.368 e. The van der Waals surface area contributed by atoms with E-state index in [4.69, 9.17) is 4.74 Å². The van der Waals surface area contributed by atoms with E-state index >= 15 is 0 Å². The van der Waals surface area contributed by atoms with Crippen LogP contribution in [0, 0.1) is 0 Å². The van der Waals surface area contributed by atoms with Gasteiger partial charge in [0.25, 0.3) is 0 Å². The Morgan fingerprint density at radius 3 is 2.60 bits per heavy atom. The molecule has 0 aromatic heterocycles. The summed E-state index contributed by atoms with van der Waals surface area (Å²) in [5, 5.41) is 9.51. The summed E-state index contributed by atoms with van der Waals surface area (Å²) in [6.45, 7) is 2.64. The minimum Gasteiger partial charge on any atom is -0.368 e. The van der Waals surface area contributed by atoms with E-state index in [9.17, 15) is 5.11 Å². The first-order valence-electron chi connectivity index (χ1n) is 5.66. The maximum absolute atomic E-state index is 9.51. The molecule has 1 aromatic carbocycles. The van der Waals surface area contributed by atoms with Crippen molar-refractivity contribution in [3.63, 3.8) is 0 Å². The molecule has 1 unspecified atom stereocenters. The Bertz CT molecular complexity index is 246. The van der Waals surface area contributed by atoms with Gasteiger partial charge in [0.15, 0.2) is 6.29 Å². The van der Waals surface area contributed by atoms with Crippen LogP contribution < -0.4 is 0 Å². The van der Waals surface area contributed by atoms with E-state index in [2.05, 4.69) is 6.92 Å². The van der Waals surface area contributed by atoms with Crippen LogP contribution in [0.15, 0.2) is 30.3 Å². The molecule has 2 nitrogen and oxygen atoms in total. The Morgan fingerprint density at radius 2 is 1.93 bits per heavy atom. The predicted octanol–water partition coefficient (Wildman–Crippen LogP) is 3.10. The molecule has 1 rings (SSSR count). The molecule has 0 fully saturated rings. The summed E-state index contributed by atoms with van der Waals surface area (Å²) < 4.78 is 5.33. The molecule has 1 N–H and O–H groups in total. The lowest BCUT2D eigenvalue weighted by molar-refractivity contribution is -0.112. The number of hydrogen-bond acceptors (Lipinski definition) is 2. The monoisotopic (exact) mass is 208 g/mol. The molecule has 0 aliphatic rings. The molecule has 1 atom stereocenters. The Morgan fingerprint density at radius 1 is 1.20 bits per heavy atom. The predicted molar refractivity (Wildman–Crippen MR) is 61.4 cm³/mol. The molecule has 0 saturated carbocycles. The third-order valence-corrected chi connectivity index (χ3v) is 2.34. The summed E-state index contributed by atoms with van der Waals surface area (Å²) >= 11 is 0. The van der Waals surface area contributed by atoms with Gasteiger partial charge in [0, 0.05) is 0 Å². The summed E-state index contributed by atoms with van der Waals surface area (Å²) in [6, 6.07) is 9.92. The van der Waals surface area contributed by atoms with Gasteiger partial charge >= 0.3 is 0 Å². The van der Waals surface area contributed by atoms with Gasteiger partial charge < -0.3 is 9.84 Å². The molecular formula is C13H20O2. The number of ether oxygens (including phenoxy) is 1. The highest BCUT2D eigenvalue weighted by Gasteiger charge is 2.03. The number of benzene rings is 1. The van der Waals surface area contributed by atoms with Gasteiger partial charge in [-0.15, -0.1) is 0 Å². The van der Waals surface area contributed by atoms with Gasteiger partial charge in [0.05, 0.1) is 6.61 Å². The smallest absolute Gasteiger partial charge is 0.154 e. The van der Waals surface area contributed by atoms with Gasteiger partial charge in [-0.2, -0.15) is 0 Å². The zero-order valence-corrected chi connectivity index (χ0v) is 9.36. The lowest BCUT2D eigenvalue weighted by Gasteiger charge is -2.11. The van der Waals surface area contributed by atoms with Crippen LogP contribution in [-0.2, 0) is 11.3 Å². The second kappa shape index (κ2) is 7.43. The van der Waals surface area contributed by atoms with Crippen LogP contribution in [-0.4, -0.2) is 11.4 Å². The van der Waals surface area contributed by atoms with Crippen LogP contribution in [0.2, 0.25) is 0 Å². The van der Waals surface area contributed by atoms with Gasteiger partial charge in [0.1, 0.15) is 0 Å². The van der Waals surface area contributed by atoms with Crippen molar-refractivity contribution in [2.24, 2.45) is 0 Å². The lowest BCUT2D eigenvalue weighted by atomic mass is 10.2. The maximum Gasteiger partial charge on any atom is 0.154 e. The number of aliphatic hydroxyl groups is 1. The van der Waals surface area contributed by atoms with E-state index in [1.807, 2.05) is 30.3 Å². The topological polar surface area (TPSA) is 29.5 Å². The summed E-state index contributed by atoms with van der Waals surface area (Å²) in [6.07, 6.45) is 3.49. The van der Waals surface area contributed by atoms with Crippen LogP contribution >= 0.6 is 0 Å². The van der Waals surface area contributed by atoms with E-state index in [-0.39, 0.29) is 0 Å². The van der Waals surface area contributed by atoms with Crippen molar-refractivity contribution in [1.82, 2.24) is 0 Å². The zero-order valence-electron chi connectivity index (χ0n) is 9.36. The first kappa shape index (κ1) is 12.2. The van der Waals surface area contributed by atoms with Gasteiger partial charge in [-0.25, -0.2) is 0 Å². The standard InChI is InChI=1S/C13H20O2/c1-2-3-5-10-13(14)15-11-12-8-6-4-7-9-12/h4,6-9,13-14H,2-3,5,10-11H2,1H3. The van der Waals surface area contributed by atoms with Gasteiger partial charge in [0.2, 0.25) is 0 Å². The molecule has 1 aromatic rings. The second-order valence-electron chi connectivity index (χ2n) is 3.75. The molecule has 0 heterocycles. The van der Waals surface area contributed by atoms with E-state index < -0.39 is 6.29 Å². The average molecular weight is 208 g/mol. The van der Waals surface area contributed by atoms with Crippen molar-refractivity contribution in [3.05, 3.63) is 35.9 Å². The van der Waals surface area contributed by atoms with Gasteiger partial charge in [-0.3, -0.25) is 0 Å². The van der Waals surface area contributed by atoms with Crippen LogP contribution in [0.5, 0.6) is 0 Å². The summed E-state index contributed by atoms with van der Waals surface area (Å²) in [5.41, 5.74) is 1.10. The fourth-order valence-electron chi connectivity index (χ4n) is 1.42. The molecule has 0 aliphatic heterocycles. The summed E-state index contributed by atoms with van der Waals surface area (Å²) in [5.74, 6) is 0.